The molecule has 0 spiro atoms. The van der Waals surface area contributed by atoms with Crippen LogP contribution in [-0.2, 0) is 4.74 Å². The third kappa shape index (κ3) is 4.12. The SMILES string of the molecule is COCC(CNC(C)C)(C(C)C)C(C)C. The van der Waals surface area contributed by atoms with Gasteiger partial charge in [0.05, 0.1) is 6.61 Å². The molecule has 1 N–H and O–H groups in total. The number of hydrogen-bond donors (Lipinski definition) is 1. The Labute approximate surface area is 95.8 Å². The maximum atomic E-state index is 5.42. The molecule has 0 bridgehead atoms. The molecule has 0 atom stereocenters. The van der Waals surface area contributed by atoms with E-state index >= 15 is 0 Å². The first-order valence-corrected chi connectivity index (χ1v) is 6.09. The van der Waals surface area contributed by atoms with Gasteiger partial charge in [-0.05, 0) is 11.8 Å². The summed E-state index contributed by atoms with van der Waals surface area (Å²) in [4.78, 5) is 0. The molecule has 0 amide bonds. The van der Waals surface area contributed by atoms with Gasteiger partial charge in [0.2, 0.25) is 0 Å². The normalized spacial score (nSPS) is 13.2. The van der Waals surface area contributed by atoms with E-state index in [0.29, 0.717) is 17.9 Å². The molecule has 0 rings (SSSR count). The Hall–Kier alpha value is -0.0800. The van der Waals surface area contributed by atoms with Crippen molar-refractivity contribution in [1.82, 2.24) is 5.32 Å². The van der Waals surface area contributed by atoms with Crippen molar-refractivity contribution in [2.75, 3.05) is 20.3 Å². The van der Waals surface area contributed by atoms with Crippen LogP contribution < -0.4 is 5.32 Å². The Morgan fingerprint density at radius 3 is 1.73 bits per heavy atom. The molecule has 0 saturated carbocycles. The van der Waals surface area contributed by atoms with Crippen LogP contribution in [0, 0.1) is 17.3 Å². The molecule has 0 saturated heterocycles. The zero-order valence-corrected chi connectivity index (χ0v) is 11.6. The summed E-state index contributed by atoms with van der Waals surface area (Å²) in [5.74, 6) is 1.26. The van der Waals surface area contributed by atoms with Gasteiger partial charge in [-0.15, -0.1) is 0 Å². The van der Waals surface area contributed by atoms with Crippen LogP contribution in [-0.4, -0.2) is 26.3 Å². The fourth-order valence-corrected chi connectivity index (χ4v) is 2.12. The highest BCUT2D eigenvalue weighted by atomic mass is 16.5. The minimum Gasteiger partial charge on any atom is -0.384 e. The van der Waals surface area contributed by atoms with Crippen LogP contribution >= 0.6 is 0 Å². The van der Waals surface area contributed by atoms with Crippen LogP contribution in [0.2, 0.25) is 0 Å². The fraction of sp³-hybridized carbons (Fsp3) is 1.00. The largest absolute Gasteiger partial charge is 0.384 e. The molecule has 0 aromatic rings. The second-order valence-electron chi connectivity index (χ2n) is 5.51. The quantitative estimate of drug-likeness (QED) is 0.705. The molecule has 0 radical (unpaired) electrons. The van der Waals surface area contributed by atoms with Crippen molar-refractivity contribution in [1.29, 1.82) is 0 Å². The molecule has 0 aromatic carbocycles. The predicted molar refractivity (Wildman–Crippen MR) is 67.1 cm³/mol. The number of methoxy groups -OCH3 is 1. The molecule has 0 aromatic heterocycles. The lowest BCUT2D eigenvalue weighted by molar-refractivity contribution is 0.00427. The third-order valence-electron chi connectivity index (χ3n) is 3.55. The molecular formula is C13H29NO. The molecule has 0 aliphatic heterocycles. The molecular weight excluding hydrogens is 186 g/mol. The highest BCUT2D eigenvalue weighted by Gasteiger charge is 2.36. The summed E-state index contributed by atoms with van der Waals surface area (Å²) in [6, 6.07) is 0.540. The van der Waals surface area contributed by atoms with Crippen LogP contribution in [0.3, 0.4) is 0 Å². The van der Waals surface area contributed by atoms with Gasteiger partial charge >= 0.3 is 0 Å². The smallest absolute Gasteiger partial charge is 0.0535 e. The summed E-state index contributed by atoms with van der Waals surface area (Å²) in [6.07, 6.45) is 0. The minimum absolute atomic E-state index is 0.249. The van der Waals surface area contributed by atoms with E-state index in [0.717, 1.165) is 13.2 Å². The van der Waals surface area contributed by atoms with E-state index in [-0.39, 0.29) is 5.41 Å². The molecule has 2 nitrogen and oxygen atoms in total. The third-order valence-corrected chi connectivity index (χ3v) is 3.55. The average molecular weight is 215 g/mol. The highest BCUT2D eigenvalue weighted by Crippen LogP contribution is 2.35. The van der Waals surface area contributed by atoms with Gasteiger partial charge in [-0.3, -0.25) is 0 Å². The van der Waals surface area contributed by atoms with E-state index in [4.69, 9.17) is 4.74 Å². The summed E-state index contributed by atoms with van der Waals surface area (Å²) in [5.41, 5.74) is 0.249. The second kappa shape index (κ2) is 6.49. The van der Waals surface area contributed by atoms with Crippen molar-refractivity contribution in [3.8, 4) is 0 Å². The van der Waals surface area contributed by atoms with Crippen LogP contribution in [0.4, 0.5) is 0 Å². The lowest BCUT2D eigenvalue weighted by Gasteiger charge is -2.41. The maximum absolute atomic E-state index is 5.42. The Kier molecular flexibility index (Phi) is 6.46. The van der Waals surface area contributed by atoms with Gasteiger partial charge in [-0.25, -0.2) is 0 Å². The van der Waals surface area contributed by atoms with E-state index < -0.39 is 0 Å². The van der Waals surface area contributed by atoms with Crippen LogP contribution in [0.5, 0.6) is 0 Å². The van der Waals surface area contributed by atoms with Gasteiger partial charge in [0, 0.05) is 25.1 Å². The van der Waals surface area contributed by atoms with E-state index in [2.05, 4.69) is 46.9 Å². The molecule has 0 unspecified atom stereocenters. The number of rotatable bonds is 7. The van der Waals surface area contributed by atoms with E-state index in [1.165, 1.54) is 0 Å². The van der Waals surface area contributed by atoms with Gasteiger partial charge in [-0.2, -0.15) is 0 Å². The summed E-state index contributed by atoms with van der Waals surface area (Å²) < 4.78 is 5.42. The van der Waals surface area contributed by atoms with Gasteiger partial charge in [0.1, 0.15) is 0 Å². The van der Waals surface area contributed by atoms with Crippen LogP contribution in [0.25, 0.3) is 0 Å². The summed E-state index contributed by atoms with van der Waals surface area (Å²) in [6.45, 7) is 15.4. The van der Waals surface area contributed by atoms with E-state index in [9.17, 15) is 0 Å². The van der Waals surface area contributed by atoms with Crippen molar-refractivity contribution < 1.29 is 4.74 Å². The fourth-order valence-electron chi connectivity index (χ4n) is 2.12. The number of ether oxygens (including phenoxy) is 1. The zero-order valence-electron chi connectivity index (χ0n) is 11.6. The maximum Gasteiger partial charge on any atom is 0.0535 e. The topological polar surface area (TPSA) is 21.3 Å². The molecule has 15 heavy (non-hydrogen) atoms. The van der Waals surface area contributed by atoms with Crippen LogP contribution in [0.1, 0.15) is 41.5 Å². The predicted octanol–water partition coefficient (Wildman–Crippen LogP) is 2.93. The van der Waals surface area contributed by atoms with E-state index in [1.54, 1.807) is 7.11 Å². The Morgan fingerprint density at radius 2 is 1.47 bits per heavy atom. The van der Waals surface area contributed by atoms with Crippen molar-refractivity contribution in [3.63, 3.8) is 0 Å². The molecule has 0 aliphatic carbocycles. The molecule has 2 heteroatoms. The summed E-state index contributed by atoms with van der Waals surface area (Å²) >= 11 is 0. The lowest BCUT2D eigenvalue weighted by Crippen LogP contribution is -2.47. The monoisotopic (exact) mass is 215 g/mol. The van der Waals surface area contributed by atoms with Gasteiger partial charge in [-0.1, -0.05) is 41.5 Å². The van der Waals surface area contributed by atoms with Crippen molar-refractivity contribution >= 4 is 0 Å². The van der Waals surface area contributed by atoms with Crippen molar-refractivity contribution in [3.05, 3.63) is 0 Å². The van der Waals surface area contributed by atoms with Crippen molar-refractivity contribution in [2.45, 2.75) is 47.6 Å². The first-order valence-electron chi connectivity index (χ1n) is 6.09. The first kappa shape index (κ1) is 14.9. The Balaban J connectivity index is 4.63. The Bertz CT molecular complexity index is 156. The number of nitrogens with one attached hydrogen (secondary N) is 1. The highest BCUT2D eigenvalue weighted by molar-refractivity contribution is 4.88. The van der Waals surface area contributed by atoms with Gasteiger partial charge in [0.15, 0.2) is 0 Å². The van der Waals surface area contributed by atoms with Gasteiger partial charge in [0.25, 0.3) is 0 Å². The summed E-state index contributed by atoms with van der Waals surface area (Å²) in [7, 11) is 1.80. The van der Waals surface area contributed by atoms with Gasteiger partial charge < -0.3 is 10.1 Å². The van der Waals surface area contributed by atoms with E-state index in [1.807, 2.05) is 0 Å². The van der Waals surface area contributed by atoms with Crippen LogP contribution in [0.15, 0.2) is 0 Å². The molecule has 0 aliphatic rings. The first-order chi connectivity index (χ1) is 6.86. The molecule has 0 fully saturated rings. The summed E-state index contributed by atoms with van der Waals surface area (Å²) in [5, 5.41) is 3.55. The minimum atomic E-state index is 0.249. The lowest BCUT2D eigenvalue weighted by atomic mass is 9.69. The standard InChI is InChI=1S/C13H29NO/c1-10(2)13(9-15-7,11(3)4)8-14-12(5)6/h10-12,14H,8-9H2,1-7H3. The van der Waals surface area contributed by atoms with Crippen molar-refractivity contribution in [2.24, 2.45) is 17.3 Å². The molecule has 92 valence electrons. The molecule has 0 heterocycles. The Morgan fingerprint density at radius 1 is 1.00 bits per heavy atom. The second-order valence-corrected chi connectivity index (χ2v) is 5.51. The average Bonchev–Trinajstić information content (AvgIpc) is 2.10. The zero-order chi connectivity index (χ0) is 12.1. The number of hydrogen-bond acceptors (Lipinski definition) is 2.